The normalized spacial score (nSPS) is 15.6. The van der Waals surface area contributed by atoms with Gasteiger partial charge < -0.3 is 24.4 Å². The highest BCUT2D eigenvalue weighted by atomic mass is 16.7. The van der Waals surface area contributed by atoms with Crippen LogP contribution in [0.3, 0.4) is 0 Å². The molecule has 2 aromatic carbocycles. The standard InChI is InChI=1S/C22H21N3O4/c1-14-10-21(25-6-8-27-9-7-25)24-18-4-3-16(12-17(14)18)23-22(26)15-2-5-19-20(11-15)29-13-28-19/h2-5,10-12H,6-9,13H2,1H3,(H,23,26). The molecule has 0 bridgehead atoms. The molecule has 0 spiro atoms. The van der Waals surface area contributed by atoms with E-state index in [1.54, 1.807) is 18.2 Å². The van der Waals surface area contributed by atoms with Gasteiger partial charge in [0.2, 0.25) is 6.79 Å². The van der Waals surface area contributed by atoms with Crippen LogP contribution in [0.2, 0.25) is 0 Å². The first-order chi connectivity index (χ1) is 14.2. The Hall–Kier alpha value is -3.32. The average molecular weight is 391 g/mol. The van der Waals surface area contributed by atoms with Gasteiger partial charge in [0.05, 0.1) is 18.7 Å². The van der Waals surface area contributed by atoms with E-state index < -0.39 is 0 Å². The summed E-state index contributed by atoms with van der Waals surface area (Å²) in [5.41, 5.74) is 3.28. The number of carbonyl (C=O) groups excluding carboxylic acids is 1. The van der Waals surface area contributed by atoms with Crippen LogP contribution in [-0.2, 0) is 4.74 Å². The largest absolute Gasteiger partial charge is 0.454 e. The Morgan fingerprint density at radius 3 is 2.72 bits per heavy atom. The van der Waals surface area contributed by atoms with Gasteiger partial charge in [0.25, 0.3) is 5.91 Å². The first-order valence-corrected chi connectivity index (χ1v) is 9.62. The van der Waals surface area contributed by atoms with Gasteiger partial charge in [-0.25, -0.2) is 4.98 Å². The third kappa shape index (κ3) is 3.45. The molecule has 1 aromatic heterocycles. The van der Waals surface area contributed by atoms with Gasteiger partial charge in [-0.05, 0) is 55.0 Å². The van der Waals surface area contributed by atoms with E-state index in [-0.39, 0.29) is 12.7 Å². The van der Waals surface area contributed by atoms with Crippen molar-refractivity contribution in [3.05, 3.63) is 53.6 Å². The second-order valence-corrected chi connectivity index (χ2v) is 7.15. The van der Waals surface area contributed by atoms with Crippen molar-refractivity contribution in [2.24, 2.45) is 0 Å². The molecular weight excluding hydrogens is 370 g/mol. The van der Waals surface area contributed by atoms with Crippen LogP contribution in [0.25, 0.3) is 10.9 Å². The SMILES string of the molecule is Cc1cc(N2CCOCC2)nc2ccc(NC(=O)c3ccc4c(c3)OCO4)cc12. The van der Waals surface area contributed by atoms with E-state index >= 15 is 0 Å². The minimum absolute atomic E-state index is 0.184. The van der Waals surface area contributed by atoms with Crippen LogP contribution in [0, 0.1) is 6.92 Å². The van der Waals surface area contributed by atoms with E-state index in [4.69, 9.17) is 19.2 Å². The van der Waals surface area contributed by atoms with Crippen molar-refractivity contribution >= 4 is 28.3 Å². The number of carbonyl (C=O) groups is 1. The van der Waals surface area contributed by atoms with E-state index in [1.165, 1.54) is 0 Å². The Balaban J connectivity index is 1.39. The summed E-state index contributed by atoms with van der Waals surface area (Å²) in [5, 5.41) is 3.98. The number of fused-ring (bicyclic) bond motifs is 2. The highest BCUT2D eigenvalue weighted by Crippen LogP contribution is 2.33. The van der Waals surface area contributed by atoms with Crippen LogP contribution in [0.4, 0.5) is 11.5 Å². The Labute approximate surface area is 168 Å². The molecule has 0 radical (unpaired) electrons. The fourth-order valence-corrected chi connectivity index (χ4v) is 3.65. The number of morpholine rings is 1. The monoisotopic (exact) mass is 391 g/mol. The number of rotatable bonds is 3. The fourth-order valence-electron chi connectivity index (χ4n) is 3.65. The zero-order chi connectivity index (χ0) is 19.8. The number of aromatic nitrogens is 1. The summed E-state index contributed by atoms with van der Waals surface area (Å²) in [7, 11) is 0. The lowest BCUT2D eigenvalue weighted by atomic mass is 10.1. The van der Waals surface area contributed by atoms with Gasteiger partial charge in [0.1, 0.15) is 5.82 Å². The number of ether oxygens (including phenoxy) is 3. The molecule has 0 aliphatic carbocycles. The van der Waals surface area contributed by atoms with Crippen molar-refractivity contribution in [2.45, 2.75) is 6.92 Å². The molecule has 29 heavy (non-hydrogen) atoms. The zero-order valence-corrected chi connectivity index (χ0v) is 16.1. The Kier molecular flexibility index (Phi) is 4.44. The maximum Gasteiger partial charge on any atom is 0.255 e. The van der Waals surface area contributed by atoms with Gasteiger partial charge in [-0.3, -0.25) is 4.79 Å². The maximum atomic E-state index is 12.7. The van der Waals surface area contributed by atoms with Crippen LogP contribution in [0.15, 0.2) is 42.5 Å². The van der Waals surface area contributed by atoms with Crippen LogP contribution in [0.1, 0.15) is 15.9 Å². The van der Waals surface area contributed by atoms with Crippen LogP contribution >= 0.6 is 0 Å². The van der Waals surface area contributed by atoms with Gasteiger partial charge in [0.15, 0.2) is 11.5 Å². The topological polar surface area (TPSA) is 72.9 Å². The lowest BCUT2D eigenvalue weighted by molar-refractivity contribution is 0.102. The molecule has 148 valence electrons. The van der Waals surface area contributed by atoms with Gasteiger partial charge >= 0.3 is 0 Å². The molecule has 0 saturated carbocycles. The number of pyridine rings is 1. The highest BCUT2D eigenvalue weighted by Gasteiger charge is 2.17. The summed E-state index contributed by atoms with van der Waals surface area (Å²) in [6.45, 7) is 5.40. The smallest absolute Gasteiger partial charge is 0.255 e. The number of nitrogens with zero attached hydrogens (tertiary/aromatic N) is 2. The molecule has 1 saturated heterocycles. The Morgan fingerprint density at radius 1 is 1.03 bits per heavy atom. The zero-order valence-electron chi connectivity index (χ0n) is 16.1. The van der Waals surface area contributed by atoms with Crippen molar-refractivity contribution < 1.29 is 19.0 Å². The molecule has 2 aliphatic rings. The minimum Gasteiger partial charge on any atom is -0.454 e. The second kappa shape index (κ2) is 7.25. The molecule has 2 aliphatic heterocycles. The minimum atomic E-state index is -0.196. The molecule has 3 aromatic rings. The molecule has 1 fully saturated rings. The predicted octanol–water partition coefficient (Wildman–Crippen LogP) is 3.36. The van der Waals surface area contributed by atoms with Gasteiger partial charge in [-0.1, -0.05) is 0 Å². The van der Waals surface area contributed by atoms with Crippen molar-refractivity contribution in [2.75, 3.05) is 43.3 Å². The first-order valence-electron chi connectivity index (χ1n) is 9.62. The number of amides is 1. The van der Waals surface area contributed by atoms with E-state index in [0.717, 1.165) is 54.3 Å². The summed E-state index contributed by atoms with van der Waals surface area (Å²) >= 11 is 0. The van der Waals surface area contributed by atoms with Gasteiger partial charge in [0, 0.05) is 29.7 Å². The van der Waals surface area contributed by atoms with Crippen molar-refractivity contribution in [3.8, 4) is 11.5 Å². The molecule has 1 amide bonds. The highest BCUT2D eigenvalue weighted by molar-refractivity contribution is 6.05. The van der Waals surface area contributed by atoms with Crippen molar-refractivity contribution in [1.82, 2.24) is 4.98 Å². The number of benzene rings is 2. The Bertz CT molecular complexity index is 1090. The fraction of sp³-hybridized carbons (Fsp3) is 0.273. The molecule has 5 rings (SSSR count). The van der Waals surface area contributed by atoms with Gasteiger partial charge in [-0.2, -0.15) is 0 Å². The van der Waals surface area contributed by atoms with E-state index in [0.29, 0.717) is 17.1 Å². The number of hydrogen-bond donors (Lipinski definition) is 1. The average Bonchev–Trinajstić information content (AvgIpc) is 3.22. The number of hydrogen-bond acceptors (Lipinski definition) is 6. The lowest BCUT2D eigenvalue weighted by Gasteiger charge is -2.28. The molecule has 7 nitrogen and oxygen atoms in total. The Morgan fingerprint density at radius 2 is 1.86 bits per heavy atom. The summed E-state index contributed by atoms with van der Waals surface area (Å²) in [4.78, 5) is 19.7. The second-order valence-electron chi connectivity index (χ2n) is 7.15. The van der Waals surface area contributed by atoms with Crippen molar-refractivity contribution in [3.63, 3.8) is 0 Å². The van der Waals surface area contributed by atoms with E-state index in [1.807, 2.05) is 18.2 Å². The third-order valence-corrected chi connectivity index (χ3v) is 5.23. The molecule has 0 atom stereocenters. The summed E-state index contributed by atoms with van der Waals surface area (Å²) < 4.78 is 16.1. The number of aryl methyl sites for hydroxylation is 1. The maximum absolute atomic E-state index is 12.7. The molecule has 3 heterocycles. The molecule has 0 unspecified atom stereocenters. The van der Waals surface area contributed by atoms with Crippen LogP contribution in [-0.4, -0.2) is 44.0 Å². The lowest BCUT2D eigenvalue weighted by Crippen LogP contribution is -2.36. The van der Waals surface area contributed by atoms with Gasteiger partial charge in [-0.15, -0.1) is 0 Å². The quantitative estimate of drug-likeness (QED) is 0.738. The van der Waals surface area contributed by atoms with E-state index in [9.17, 15) is 4.79 Å². The van der Waals surface area contributed by atoms with Crippen LogP contribution in [0.5, 0.6) is 11.5 Å². The van der Waals surface area contributed by atoms with E-state index in [2.05, 4.69) is 23.2 Å². The molecule has 1 N–H and O–H groups in total. The number of nitrogens with one attached hydrogen (secondary N) is 1. The molecular formula is C22H21N3O4. The summed E-state index contributed by atoms with van der Waals surface area (Å²) in [5.74, 6) is 2.02. The molecule has 7 heteroatoms. The summed E-state index contributed by atoms with van der Waals surface area (Å²) in [6, 6.07) is 13.1. The third-order valence-electron chi connectivity index (χ3n) is 5.23. The first kappa shape index (κ1) is 17.8. The predicted molar refractivity (Wildman–Crippen MR) is 110 cm³/mol. The van der Waals surface area contributed by atoms with Crippen molar-refractivity contribution in [1.29, 1.82) is 0 Å². The summed E-state index contributed by atoms with van der Waals surface area (Å²) in [6.07, 6.45) is 0. The van der Waals surface area contributed by atoms with Crippen LogP contribution < -0.4 is 19.7 Å². The number of anilines is 2.